The summed E-state index contributed by atoms with van der Waals surface area (Å²) in [5.74, 6) is -1.36. The number of hydrogen-bond donors (Lipinski definition) is 2. The van der Waals surface area contributed by atoms with E-state index in [1.165, 1.54) is 19.2 Å². The predicted molar refractivity (Wildman–Crippen MR) is 67.9 cm³/mol. The number of benzene rings is 1. The molecule has 0 saturated carbocycles. The molecule has 0 radical (unpaired) electrons. The standard InChI is InChI=1S/C13H17NO4/c1-4-10(13(17)18-3)14-11-7-9(12(15)16)6-5-8(11)2/h5-7,10,14H,4H2,1-3H3,(H,15,16). The highest BCUT2D eigenvalue weighted by molar-refractivity contribution is 5.89. The molecule has 5 nitrogen and oxygen atoms in total. The van der Waals surface area contributed by atoms with Gasteiger partial charge in [-0.15, -0.1) is 0 Å². The Bertz CT molecular complexity index is 456. The van der Waals surface area contributed by atoms with E-state index in [0.29, 0.717) is 12.1 Å². The molecule has 1 unspecified atom stereocenters. The maximum atomic E-state index is 11.5. The molecule has 0 fully saturated rings. The van der Waals surface area contributed by atoms with Gasteiger partial charge in [-0.3, -0.25) is 0 Å². The number of carbonyl (C=O) groups excluding carboxylic acids is 1. The van der Waals surface area contributed by atoms with Crippen LogP contribution in [0.2, 0.25) is 0 Å². The summed E-state index contributed by atoms with van der Waals surface area (Å²) in [6, 6.07) is 4.28. The molecule has 98 valence electrons. The fraction of sp³-hybridized carbons (Fsp3) is 0.385. The third-order valence-corrected chi connectivity index (χ3v) is 2.71. The molecule has 0 heterocycles. The Morgan fingerprint density at radius 1 is 1.44 bits per heavy atom. The summed E-state index contributed by atoms with van der Waals surface area (Å²) < 4.78 is 4.68. The highest BCUT2D eigenvalue weighted by Gasteiger charge is 2.17. The number of nitrogens with one attached hydrogen (secondary N) is 1. The number of methoxy groups -OCH3 is 1. The van der Waals surface area contributed by atoms with Crippen molar-refractivity contribution in [2.45, 2.75) is 26.3 Å². The van der Waals surface area contributed by atoms with Gasteiger partial charge < -0.3 is 15.2 Å². The zero-order valence-electron chi connectivity index (χ0n) is 10.7. The first kappa shape index (κ1) is 14.0. The van der Waals surface area contributed by atoms with Gasteiger partial charge in [0.1, 0.15) is 6.04 Å². The second kappa shape index (κ2) is 6.05. The van der Waals surface area contributed by atoms with E-state index in [0.717, 1.165) is 5.56 Å². The van der Waals surface area contributed by atoms with Crippen LogP contribution in [0.15, 0.2) is 18.2 Å². The lowest BCUT2D eigenvalue weighted by Gasteiger charge is -2.17. The molecule has 0 amide bonds. The van der Waals surface area contributed by atoms with Gasteiger partial charge in [-0.05, 0) is 31.0 Å². The van der Waals surface area contributed by atoms with Crippen LogP contribution in [0.4, 0.5) is 5.69 Å². The van der Waals surface area contributed by atoms with E-state index in [1.54, 1.807) is 6.07 Å². The highest BCUT2D eigenvalue weighted by Crippen LogP contribution is 2.19. The molecular weight excluding hydrogens is 234 g/mol. The number of ether oxygens (including phenoxy) is 1. The zero-order chi connectivity index (χ0) is 13.7. The van der Waals surface area contributed by atoms with Crippen LogP contribution in [-0.4, -0.2) is 30.2 Å². The molecule has 0 aromatic heterocycles. The molecule has 18 heavy (non-hydrogen) atoms. The molecule has 2 N–H and O–H groups in total. The molecule has 0 bridgehead atoms. The number of aryl methyl sites for hydroxylation is 1. The van der Waals surface area contributed by atoms with Crippen LogP contribution in [0.3, 0.4) is 0 Å². The number of rotatable bonds is 5. The van der Waals surface area contributed by atoms with Crippen molar-refractivity contribution in [3.8, 4) is 0 Å². The molecule has 0 aliphatic carbocycles. The van der Waals surface area contributed by atoms with E-state index in [9.17, 15) is 9.59 Å². The quantitative estimate of drug-likeness (QED) is 0.783. The highest BCUT2D eigenvalue weighted by atomic mass is 16.5. The lowest BCUT2D eigenvalue weighted by atomic mass is 10.1. The normalized spacial score (nSPS) is 11.7. The molecule has 0 aliphatic heterocycles. The Labute approximate surface area is 106 Å². The fourth-order valence-electron chi connectivity index (χ4n) is 1.57. The van der Waals surface area contributed by atoms with E-state index < -0.39 is 12.0 Å². The van der Waals surface area contributed by atoms with Crippen molar-refractivity contribution in [1.82, 2.24) is 0 Å². The maximum absolute atomic E-state index is 11.5. The largest absolute Gasteiger partial charge is 0.478 e. The molecule has 1 aromatic carbocycles. The van der Waals surface area contributed by atoms with Crippen LogP contribution < -0.4 is 5.32 Å². The van der Waals surface area contributed by atoms with Gasteiger partial charge in [-0.25, -0.2) is 9.59 Å². The maximum Gasteiger partial charge on any atom is 0.335 e. The van der Waals surface area contributed by atoms with Gasteiger partial charge >= 0.3 is 11.9 Å². The van der Waals surface area contributed by atoms with E-state index in [4.69, 9.17) is 5.11 Å². The number of carboxylic acids is 1. The van der Waals surface area contributed by atoms with Crippen molar-refractivity contribution in [3.63, 3.8) is 0 Å². The lowest BCUT2D eigenvalue weighted by Crippen LogP contribution is -2.30. The van der Waals surface area contributed by atoms with Crippen molar-refractivity contribution in [3.05, 3.63) is 29.3 Å². The first-order valence-corrected chi connectivity index (χ1v) is 5.67. The van der Waals surface area contributed by atoms with E-state index in [-0.39, 0.29) is 11.5 Å². The number of aromatic carboxylic acids is 1. The van der Waals surface area contributed by atoms with Crippen LogP contribution in [0.5, 0.6) is 0 Å². The van der Waals surface area contributed by atoms with E-state index in [2.05, 4.69) is 10.1 Å². The van der Waals surface area contributed by atoms with Crippen LogP contribution in [0, 0.1) is 6.92 Å². The molecule has 0 spiro atoms. The minimum atomic E-state index is -0.996. The number of carboxylic acid groups (broad SMARTS) is 1. The minimum absolute atomic E-state index is 0.183. The van der Waals surface area contributed by atoms with E-state index >= 15 is 0 Å². The lowest BCUT2D eigenvalue weighted by molar-refractivity contribution is -0.141. The predicted octanol–water partition coefficient (Wildman–Crippen LogP) is 2.06. The van der Waals surface area contributed by atoms with Crippen LogP contribution in [-0.2, 0) is 9.53 Å². The average molecular weight is 251 g/mol. The summed E-state index contributed by atoms with van der Waals surface area (Å²) in [5.41, 5.74) is 1.69. The van der Waals surface area contributed by atoms with Crippen LogP contribution in [0.25, 0.3) is 0 Å². The number of esters is 1. The summed E-state index contributed by atoms with van der Waals surface area (Å²) >= 11 is 0. The second-order valence-corrected chi connectivity index (χ2v) is 3.96. The van der Waals surface area contributed by atoms with Gasteiger partial charge in [0.25, 0.3) is 0 Å². The topological polar surface area (TPSA) is 75.6 Å². The van der Waals surface area contributed by atoms with Crippen molar-refractivity contribution in [1.29, 1.82) is 0 Å². The van der Waals surface area contributed by atoms with Crippen molar-refractivity contribution in [2.75, 3.05) is 12.4 Å². The van der Waals surface area contributed by atoms with E-state index in [1.807, 2.05) is 13.8 Å². The molecule has 0 saturated heterocycles. The van der Waals surface area contributed by atoms with Crippen molar-refractivity contribution >= 4 is 17.6 Å². The molecule has 1 rings (SSSR count). The summed E-state index contributed by atoms with van der Waals surface area (Å²) in [4.78, 5) is 22.4. The van der Waals surface area contributed by atoms with Gasteiger partial charge in [-0.2, -0.15) is 0 Å². The van der Waals surface area contributed by atoms with Gasteiger partial charge in [0.15, 0.2) is 0 Å². The Morgan fingerprint density at radius 3 is 2.61 bits per heavy atom. The Hall–Kier alpha value is -2.04. The Kier molecular flexibility index (Phi) is 4.71. The zero-order valence-corrected chi connectivity index (χ0v) is 10.7. The van der Waals surface area contributed by atoms with Gasteiger partial charge in [0, 0.05) is 5.69 Å². The molecular formula is C13H17NO4. The summed E-state index contributed by atoms with van der Waals surface area (Å²) in [6.45, 7) is 3.70. The van der Waals surface area contributed by atoms with Crippen LogP contribution in [0.1, 0.15) is 29.3 Å². The number of hydrogen-bond acceptors (Lipinski definition) is 4. The molecule has 1 aromatic rings. The fourth-order valence-corrected chi connectivity index (χ4v) is 1.57. The van der Waals surface area contributed by atoms with Gasteiger partial charge in [0.2, 0.25) is 0 Å². The summed E-state index contributed by atoms with van der Waals surface area (Å²) in [6.07, 6.45) is 0.559. The van der Waals surface area contributed by atoms with Gasteiger partial charge in [-0.1, -0.05) is 13.0 Å². The SMILES string of the molecule is CCC(Nc1cc(C(=O)O)ccc1C)C(=O)OC. The number of carbonyl (C=O) groups is 2. The smallest absolute Gasteiger partial charge is 0.335 e. The Morgan fingerprint density at radius 2 is 2.11 bits per heavy atom. The molecule has 5 heteroatoms. The average Bonchev–Trinajstić information content (AvgIpc) is 2.36. The van der Waals surface area contributed by atoms with Crippen molar-refractivity contribution < 1.29 is 19.4 Å². The summed E-state index contributed by atoms with van der Waals surface area (Å²) in [5, 5.41) is 11.9. The first-order chi connectivity index (χ1) is 8.49. The third kappa shape index (κ3) is 3.23. The second-order valence-electron chi connectivity index (χ2n) is 3.96. The first-order valence-electron chi connectivity index (χ1n) is 5.67. The molecule has 1 atom stereocenters. The van der Waals surface area contributed by atoms with Crippen molar-refractivity contribution in [2.24, 2.45) is 0 Å². The monoisotopic (exact) mass is 251 g/mol. The van der Waals surface area contributed by atoms with Crippen LogP contribution >= 0.6 is 0 Å². The minimum Gasteiger partial charge on any atom is -0.478 e. The third-order valence-electron chi connectivity index (χ3n) is 2.71. The molecule has 0 aliphatic rings. The Balaban J connectivity index is 2.98. The number of anilines is 1. The summed E-state index contributed by atoms with van der Waals surface area (Å²) in [7, 11) is 1.33. The van der Waals surface area contributed by atoms with Gasteiger partial charge in [0.05, 0.1) is 12.7 Å².